The van der Waals surface area contributed by atoms with Crippen molar-refractivity contribution in [2.45, 2.75) is 51.4 Å². The Labute approximate surface area is 202 Å². The van der Waals surface area contributed by atoms with Crippen LogP contribution >= 0.6 is 0 Å². The van der Waals surface area contributed by atoms with Crippen LogP contribution in [-0.2, 0) is 12.0 Å². The molecule has 2 rings (SSSR count). The zero-order chi connectivity index (χ0) is 25.8. The van der Waals surface area contributed by atoms with Crippen LogP contribution in [0, 0.1) is 4.91 Å². The Hall–Kier alpha value is -3.83. The van der Waals surface area contributed by atoms with Crippen LogP contribution in [0.25, 0.3) is 11.4 Å². The summed E-state index contributed by atoms with van der Waals surface area (Å²) in [5.41, 5.74) is -0.283. The van der Waals surface area contributed by atoms with Crippen molar-refractivity contribution >= 4 is 5.70 Å². The van der Waals surface area contributed by atoms with E-state index in [1.807, 2.05) is 0 Å². The standard InChI is InChI=1S/C24H29FN6O4/c1-4-18(10-8-15-25)31-21(11-5-6-13-23(33)34)26-16-14-19(9-7-12-22(31)32)30-17-20(27-29-30)24(2,3)28-35/h4,7-10,12,14-17,23,33-34H,1,5-6,11,13H2,2-3H3/b12-7?,15-8+,16-14?,18-10+,19-9?,26-21?. The van der Waals surface area contributed by atoms with Gasteiger partial charge in [-0.25, -0.2) is 14.1 Å². The lowest BCUT2D eigenvalue weighted by Gasteiger charge is -2.11. The number of allylic oxidation sites excluding steroid dienone is 4. The van der Waals surface area contributed by atoms with Gasteiger partial charge < -0.3 is 10.2 Å². The normalized spacial score (nSPS) is 12.1. The third-order valence-electron chi connectivity index (χ3n) is 4.99. The van der Waals surface area contributed by atoms with E-state index in [0.717, 1.165) is 6.08 Å². The maximum Gasteiger partial charge on any atom is 0.256 e. The molecule has 2 aromatic rings. The first-order valence-electron chi connectivity index (χ1n) is 10.9. The van der Waals surface area contributed by atoms with Gasteiger partial charge in [-0.1, -0.05) is 23.0 Å². The van der Waals surface area contributed by atoms with Crippen molar-refractivity contribution in [2.24, 2.45) is 5.18 Å². The lowest BCUT2D eigenvalue weighted by molar-refractivity contribution is -0.0465. The molecular weight excluding hydrogens is 455 g/mol. The van der Waals surface area contributed by atoms with Gasteiger partial charge in [-0.15, -0.1) is 10.0 Å². The molecule has 35 heavy (non-hydrogen) atoms. The first-order valence-corrected chi connectivity index (χ1v) is 10.9. The zero-order valence-electron chi connectivity index (χ0n) is 19.7. The highest BCUT2D eigenvalue weighted by Crippen LogP contribution is 2.22. The highest BCUT2D eigenvalue weighted by molar-refractivity contribution is 5.58. The van der Waals surface area contributed by atoms with Gasteiger partial charge in [0.1, 0.15) is 17.1 Å². The van der Waals surface area contributed by atoms with E-state index in [1.165, 1.54) is 39.7 Å². The van der Waals surface area contributed by atoms with E-state index in [2.05, 4.69) is 27.1 Å². The number of nitrogens with zero attached hydrogens (tertiary/aromatic N) is 6. The fourth-order valence-electron chi connectivity index (χ4n) is 3.05. The van der Waals surface area contributed by atoms with Gasteiger partial charge >= 0.3 is 0 Å². The summed E-state index contributed by atoms with van der Waals surface area (Å²) >= 11 is 0. The van der Waals surface area contributed by atoms with Crippen LogP contribution in [0.1, 0.15) is 44.6 Å². The van der Waals surface area contributed by atoms with E-state index in [4.69, 9.17) is 10.2 Å². The molecule has 0 aromatic carbocycles. The summed E-state index contributed by atoms with van der Waals surface area (Å²) in [4.78, 5) is 28.7. The first-order chi connectivity index (χ1) is 16.7. The van der Waals surface area contributed by atoms with Crippen LogP contribution in [0.4, 0.5) is 4.39 Å². The van der Waals surface area contributed by atoms with Crippen molar-refractivity contribution in [3.63, 3.8) is 0 Å². The topological polar surface area (TPSA) is 135 Å². The molecule has 0 aliphatic rings. The Morgan fingerprint density at radius 2 is 2.06 bits per heavy atom. The van der Waals surface area contributed by atoms with E-state index in [9.17, 15) is 14.1 Å². The van der Waals surface area contributed by atoms with Crippen molar-refractivity contribution in [1.29, 1.82) is 0 Å². The number of aryl methyl sites for hydroxylation is 1. The van der Waals surface area contributed by atoms with Gasteiger partial charge in [0.05, 0.1) is 18.2 Å². The summed E-state index contributed by atoms with van der Waals surface area (Å²) in [5.74, 6) is 0.355. The number of aliphatic hydroxyl groups excluding tert-OH is 1. The molecular formula is C24H29FN6O4. The number of hydrogen-bond acceptors (Lipinski definition) is 8. The lowest BCUT2D eigenvalue weighted by atomic mass is 10.0. The van der Waals surface area contributed by atoms with Gasteiger partial charge in [0.25, 0.3) is 5.56 Å². The number of aromatic nitrogens is 5. The van der Waals surface area contributed by atoms with Gasteiger partial charge in [0.15, 0.2) is 6.29 Å². The van der Waals surface area contributed by atoms with Crippen LogP contribution in [-0.4, -0.2) is 41.0 Å². The van der Waals surface area contributed by atoms with Crippen LogP contribution < -0.4 is 5.56 Å². The summed E-state index contributed by atoms with van der Waals surface area (Å²) in [6, 6.07) is 6.11. The molecule has 0 bridgehead atoms. The Morgan fingerprint density at radius 3 is 2.71 bits per heavy atom. The van der Waals surface area contributed by atoms with Gasteiger partial charge in [0, 0.05) is 24.4 Å². The highest BCUT2D eigenvalue weighted by atomic mass is 19.1. The minimum absolute atomic E-state index is 0.180. The third-order valence-corrected chi connectivity index (χ3v) is 4.99. The Bertz CT molecular complexity index is 1200. The Kier molecular flexibility index (Phi) is 10.3. The predicted molar refractivity (Wildman–Crippen MR) is 130 cm³/mol. The maximum atomic E-state index is 13.1. The fourth-order valence-corrected chi connectivity index (χ4v) is 3.05. The monoisotopic (exact) mass is 484 g/mol. The van der Waals surface area contributed by atoms with Crippen LogP contribution in [0.2, 0.25) is 0 Å². The van der Waals surface area contributed by atoms with Crippen LogP contribution in [0.5, 0.6) is 0 Å². The van der Waals surface area contributed by atoms with Crippen molar-refractivity contribution < 1.29 is 14.6 Å². The SMILES string of the molecule is C=C/C(=C\C=C\F)n1c(CCCCC(O)O)nccc(-n2cc(C(C)(C)N=O)nn2)cccc1=O. The van der Waals surface area contributed by atoms with E-state index < -0.39 is 17.4 Å². The second-order valence-corrected chi connectivity index (χ2v) is 8.02. The molecule has 2 aromatic heterocycles. The summed E-state index contributed by atoms with van der Waals surface area (Å²) in [6.45, 7) is 6.95. The van der Waals surface area contributed by atoms with Crippen molar-refractivity contribution in [2.75, 3.05) is 0 Å². The molecule has 10 nitrogen and oxygen atoms in total. The van der Waals surface area contributed by atoms with E-state index in [1.54, 1.807) is 32.2 Å². The number of rotatable bonds is 11. The Morgan fingerprint density at radius 1 is 1.29 bits per heavy atom. The number of aliphatic hydroxyl groups is 2. The van der Waals surface area contributed by atoms with E-state index >= 15 is 0 Å². The Balaban J connectivity index is 2.63. The van der Waals surface area contributed by atoms with Gasteiger partial charge in [-0.3, -0.25) is 9.36 Å². The molecule has 0 saturated heterocycles. The molecule has 0 unspecified atom stereocenters. The zero-order valence-corrected chi connectivity index (χ0v) is 19.7. The third kappa shape index (κ3) is 7.87. The first kappa shape index (κ1) is 27.4. The summed E-state index contributed by atoms with van der Waals surface area (Å²) < 4.78 is 15.4. The molecule has 0 amide bonds. The molecule has 2 heterocycles. The van der Waals surface area contributed by atoms with E-state index in [-0.39, 0.29) is 6.42 Å². The molecule has 0 atom stereocenters. The minimum Gasteiger partial charge on any atom is -0.368 e. The lowest BCUT2D eigenvalue weighted by Crippen LogP contribution is -2.21. The molecule has 0 radical (unpaired) electrons. The summed E-state index contributed by atoms with van der Waals surface area (Å²) in [6.07, 6.45) is 7.43. The largest absolute Gasteiger partial charge is 0.368 e. The molecule has 186 valence electrons. The molecule has 0 fully saturated rings. The molecule has 0 spiro atoms. The molecule has 0 saturated carbocycles. The fraction of sp³-hybridized carbons (Fsp3) is 0.333. The second-order valence-electron chi connectivity index (χ2n) is 8.02. The number of halogens is 1. The number of unbranched alkanes of at least 4 members (excludes halogenated alkanes) is 1. The van der Waals surface area contributed by atoms with Gasteiger partial charge in [0.2, 0.25) is 0 Å². The second kappa shape index (κ2) is 13.2. The predicted octanol–water partition coefficient (Wildman–Crippen LogP) is 3.48. The summed E-state index contributed by atoms with van der Waals surface area (Å²) in [5, 5.41) is 29.3. The van der Waals surface area contributed by atoms with Crippen molar-refractivity contribution in [1.82, 2.24) is 24.5 Å². The highest BCUT2D eigenvalue weighted by Gasteiger charge is 2.25. The van der Waals surface area contributed by atoms with E-state index in [0.29, 0.717) is 48.5 Å². The number of hydrogen-bond donors (Lipinski definition) is 2. The average Bonchev–Trinajstić information content (AvgIpc) is 3.33. The van der Waals surface area contributed by atoms with Crippen LogP contribution in [0.3, 0.4) is 0 Å². The molecule has 0 aliphatic carbocycles. The van der Waals surface area contributed by atoms with Gasteiger partial charge in [-0.05, 0) is 63.5 Å². The van der Waals surface area contributed by atoms with Crippen molar-refractivity contribution in [3.8, 4) is 5.69 Å². The number of nitroso groups, excluding NO2 is 1. The molecule has 0 aliphatic heterocycles. The summed E-state index contributed by atoms with van der Waals surface area (Å²) in [7, 11) is 0. The minimum atomic E-state index is -1.42. The smallest absolute Gasteiger partial charge is 0.256 e. The van der Waals surface area contributed by atoms with Crippen LogP contribution in [0.15, 0.2) is 77.8 Å². The molecule has 2 N–H and O–H groups in total. The van der Waals surface area contributed by atoms with Gasteiger partial charge in [-0.2, -0.15) is 0 Å². The quantitative estimate of drug-likeness (QED) is 0.216. The van der Waals surface area contributed by atoms with Crippen molar-refractivity contribution in [3.05, 3.63) is 94.6 Å². The maximum absolute atomic E-state index is 13.1. The average molecular weight is 485 g/mol. The molecule has 11 heteroatoms.